The van der Waals surface area contributed by atoms with Crippen LogP contribution in [0.15, 0.2) is 52.0 Å². The lowest BCUT2D eigenvalue weighted by Gasteiger charge is -2.16. The highest BCUT2D eigenvalue weighted by molar-refractivity contribution is 7.13. The minimum Gasteiger partial charge on any atom is -0.441 e. The van der Waals surface area contributed by atoms with Crippen molar-refractivity contribution in [3.05, 3.63) is 41.8 Å². The molecule has 0 spiro atoms. The number of carbonyl (C=O) groups excluding carboxylic acids is 1. The highest BCUT2D eigenvalue weighted by atomic mass is 32.1. The van der Waals surface area contributed by atoms with Gasteiger partial charge in [0.25, 0.3) is 0 Å². The molecule has 0 aliphatic carbocycles. The fraction of sp³-hybridized carbons (Fsp3) is 0.267. The Balaban J connectivity index is 2.02. The molecule has 0 saturated heterocycles. The van der Waals surface area contributed by atoms with Crippen LogP contribution in [0.3, 0.4) is 0 Å². The molecular formula is C15H16N2O2S. The van der Waals surface area contributed by atoms with Gasteiger partial charge >= 0.3 is 6.09 Å². The largest absolute Gasteiger partial charge is 0.452 e. The van der Waals surface area contributed by atoms with E-state index in [1.807, 2.05) is 35.7 Å². The lowest BCUT2D eigenvalue weighted by Crippen LogP contribution is -2.21. The second-order valence-corrected chi connectivity index (χ2v) is 6.15. The van der Waals surface area contributed by atoms with Gasteiger partial charge in [-0.1, -0.05) is 23.3 Å². The number of rotatable bonds is 2. The molecule has 4 nitrogen and oxygen atoms in total. The van der Waals surface area contributed by atoms with Gasteiger partial charge in [-0.3, -0.25) is 0 Å². The van der Waals surface area contributed by atoms with Crippen molar-refractivity contribution in [2.45, 2.75) is 26.4 Å². The maximum atomic E-state index is 11.4. The van der Waals surface area contributed by atoms with E-state index in [4.69, 9.17) is 4.74 Å². The van der Waals surface area contributed by atoms with Crippen molar-refractivity contribution in [1.29, 1.82) is 0 Å². The number of thiophene rings is 1. The molecule has 0 radical (unpaired) electrons. The van der Waals surface area contributed by atoms with Gasteiger partial charge in [0.2, 0.25) is 0 Å². The molecule has 0 N–H and O–H groups in total. The van der Waals surface area contributed by atoms with Crippen molar-refractivity contribution in [1.82, 2.24) is 0 Å². The highest BCUT2D eigenvalue weighted by Gasteiger charge is 2.15. The third-order valence-corrected chi connectivity index (χ3v) is 3.23. The number of hydrogen-bond donors (Lipinski definition) is 0. The van der Waals surface area contributed by atoms with Gasteiger partial charge in [-0.25, -0.2) is 4.79 Å². The highest BCUT2D eigenvalue weighted by Crippen LogP contribution is 2.26. The van der Waals surface area contributed by atoms with Crippen LogP contribution < -0.4 is 0 Å². The maximum absolute atomic E-state index is 11.4. The first-order valence-electron chi connectivity index (χ1n) is 6.23. The van der Waals surface area contributed by atoms with Crippen LogP contribution in [0.4, 0.5) is 10.5 Å². The average Bonchev–Trinajstić information content (AvgIpc) is 2.89. The predicted molar refractivity (Wildman–Crippen MR) is 80.5 cm³/mol. The van der Waals surface area contributed by atoms with Gasteiger partial charge in [0.15, 0.2) is 0 Å². The summed E-state index contributed by atoms with van der Waals surface area (Å²) < 4.78 is 5.04. The van der Waals surface area contributed by atoms with E-state index in [-0.39, 0.29) is 0 Å². The summed E-state index contributed by atoms with van der Waals surface area (Å²) in [6.45, 7) is 5.36. The molecule has 0 aliphatic heterocycles. The van der Waals surface area contributed by atoms with Crippen LogP contribution in [0.2, 0.25) is 0 Å². The Hall–Kier alpha value is -2.01. The number of benzene rings is 1. The third-order valence-electron chi connectivity index (χ3n) is 2.31. The molecule has 0 unspecified atom stereocenters. The van der Waals surface area contributed by atoms with Crippen LogP contribution in [-0.2, 0) is 4.74 Å². The van der Waals surface area contributed by atoms with Gasteiger partial charge in [-0.15, -0.1) is 16.5 Å². The van der Waals surface area contributed by atoms with Crippen LogP contribution in [0.25, 0.3) is 10.4 Å². The van der Waals surface area contributed by atoms with Crippen LogP contribution in [0.5, 0.6) is 0 Å². The van der Waals surface area contributed by atoms with Crippen LogP contribution in [0, 0.1) is 0 Å². The van der Waals surface area contributed by atoms with Crippen LogP contribution >= 0.6 is 11.3 Å². The molecule has 0 saturated carbocycles. The topological polar surface area (TPSA) is 51.0 Å². The van der Waals surface area contributed by atoms with Crippen molar-refractivity contribution < 1.29 is 9.53 Å². The van der Waals surface area contributed by atoms with Crippen molar-refractivity contribution in [3.63, 3.8) is 0 Å². The molecule has 2 aromatic rings. The summed E-state index contributed by atoms with van der Waals surface area (Å²) >= 11 is 1.68. The molecule has 0 bridgehead atoms. The lowest BCUT2D eigenvalue weighted by molar-refractivity contribution is 0.0592. The summed E-state index contributed by atoms with van der Waals surface area (Å²) in [6, 6.07) is 11.6. The van der Waals surface area contributed by atoms with E-state index in [1.165, 1.54) is 4.88 Å². The van der Waals surface area contributed by atoms with E-state index < -0.39 is 11.7 Å². The normalized spacial score (nSPS) is 11.8. The van der Waals surface area contributed by atoms with E-state index in [0.29, 0.717) is 5.69 Å². The van der Waals surface area contributed by atoms with Gasteiger partial charge in [-0.2, -0.15) is 0 Å². The Bertz CT molecular complexity index is 596. The van der Waals surface area contributed by atoms with Crippen molar-refractivity contribution in [2.75, 3.05) is 0 Å². The first-order chi connectivity index (χ1) is 9.44. The zero-order valence-electron chi connectivity index (χ0n) is 11.7. The second-order valence-electron chi connectivity index (χ2n) is 5.20. The molecule has 2 rings (SSSR count). The van der Waals surface area contributed by atoms with Crippen molar-refractivity contribution >= 4 is 23.1 Å². The van der Waals surface area contributed by atoms with Gasteiger partial charge in [0, 0.05) is 4.88 Å². The molecule has 1 heterocycles. The van der Waals surface area contributed by atoms with Gasteiger partial charge in [0.05, 0.1) is 5.69 Å². The lowest BCUT2D eigenvalue weighted by atomic mass is 10.2. The first kappa shape index (κ1) is 14.4. The molecule has 0 aliphatic rings. The Labute approximate surface area is 122 Å². The monoisotopic (exact) mass is 288 g/mol. The van der Waals surface area contributed by atoms with E-state index in [1.54, 1.807) is 32.1 Å². The third kappa shape index (κ3) is 4.28. The number of azo groups is 1. The fourth-order valence-corrected chi connectivity index (χ4v) is 2.25. The van der Waals surface area contributed by atoms with Gasteiger partial charge < -0.3 is 4.74 Å². The molecule has 1 aromatic carbocycles. The predicted octanol–water partition coefficient (Wildman–Crippen LogP) is 5.43. The zero-order chi connectivity index (χ0) is 14.6. The van der Waals surface area contributed by atoms with Crippen molar-refractivity contribution in [3.8, 4) is 10.4 Å². The average molecular weight is 288 g/mol. The summed E-state index contributed by atoms with van der Waals surface area (Å²) in [7, 11) is 0. The van der Waals surface area contributed by atoms with Crippen LogP contribution in [-0.4, -0.2) is 11.7 Å². The Kier molecular flexibility index (Phi) is 4.29. The molecule has 0 atom stereocenters. The number of amides is 1. The van der Waals surface area contributed by atoms with Gasteiger partial charge in [-0.05, 0) is 49.9 Å². The fourth-order valence-electron chi connectivity index (χ4n) is 1.52. The summed E-state index contributed by atoms with van der Waals surface area (Å²) in [5.41, 5.74) is 1.19. The minimum atomic E-state index is -0.681. The number of hydrogen-bond acceptors (Lipinski definition) is 4. The molecule has 0 fully saturated rings. The standard InChI is InChI=1S/C15H16N2O2S/c1-15(2,3)19-14(18)17-16-12-8-6-11(7-9-12)13-5-4-10-20-13/h4-10H,1-3H3. The van der Waals surface area contributed by atoms with Crippen molar-refractivity contribution in [2.24, 2.45) is 10.2 Å². The minimum absolute atomic E-state index is 0.556. The summed E-state index contributed by atoms with van der Waals surface area (Å²) in [5, 5.41) is 9.44. The number of carbonyl (C=O) groups is 1. The first-order valence-corrected chi connectivity index (χ1v) is 7.11. The molecular weight excluding hydrogens is 272 g/mol. The van der Waals surface area contributed by atoms with E-state index in [9.17, 15) is 4.79 Å². The van der Waals surface area contributed by atoms with Crippen LogP contribution in [0.1, 0.15) is 20.8 Å². The number of nitrogens with zero attached hydrogens (tertiary/aromatic N) is 2. The summed E-state index contributed by atoms with van der Waals surface area (Å²) in [6.07, 6.45) is -0.681. The number of ether oxygens (including phenoxy) is 1. The Morgan fingerprint density at radius 3 is 2.40 bits per heavy atom. The summed E-state index contributed by atoms with van der Waals surface area (Å²) in [4.78, 5) is 12.6. The maximum Gasteiger partial charge on any atom is 0.452 e. The second kappa shape index (κ2) is 5.96. The zero-order valence-corrected chi connectivity index (χ0v) is 12.5. The SMILES string of the molecule is CC(C)(C)OC(=O)N=Nc1ccc(-c2cccs2)cc1. The summed E-state index contributed by atoms with van der Waals surface area (Å²) in [5.74, 6) is 0. The van der Waals surface area contributed by atoms with E-state index in [2.05, 4.69) is 16.3 Å². The molecule has 5 heteroatoms. The molecule has 20 heavy (non-hydrogen) atoms. The van der Waals surface area contributed by atoms with E-state index in [0.717, 1.165) is 5.56 Å². The Morgan fingerprint density at radius 2 is 1.85 bits per heavy atom. The Morgan fingerprint density at radius 1 is 1.15 bits per heavy atom. The quantitative estimate of drug-likeness (QED) is 0.691. The smallest absolute Gasteiger partial charge is 0.441 e. The van der Waals surface area contributed by atoms with Gasteiger partial charge in [0.1, 0.15) is 5.60 Å². The van der Waals surface area contributed by atoms with E-state index >= 15 is 0 Å². The molecule has 1 aromatic heterocycles. The molecule has 104 valence electrons. The molecule has 1 amide bonds.